The van der Waals surface area contributed by atoms with Crippen LogP contribution in [0.15, 0.2) is 116 Å². The maximum atomic E-state index is 15.1. The van der Waals surface area contributed by atoms with Gasteiger partial charge in [-0.05, 0) is 54.2 Å². The van der Waals surface area contributed by atoms with Crippen molar-refractivity contribution in [3.63, 3.8) is 0 Å². The van der Waals surface area contributed by atoms with Crippen LogP contribution in [0.3, 0.4) is 0 Å². The van der Waals surface area contributed by atoms with Crippen LogP contribution in [-0.2, 0) is 32.0 Å². The predicted octanol–water partition coefficient (Wildman–Crippen LogP) is 5.17. The van der Waals surface area contributed by atoms with Crippen molar-refractivity contribution in [1.82, 2.24) is 56.1 Å². The fourth-order valence-electron chi connectivity index (χ4n) is 9.61. The molecule has 84 heavy (non-hydrogen) atoms. The van der Waals surface area contributed by atoms with E-state index in [0.717, 1.165) is 34.5 Å². The van der Waals surface area contributed by atoms with E-state index in [1.54, 1.807) is 35.0 Å². The molecule has 7 amide bonds. The molecule has 428 valence electrons. The van der Waals surface area contributed by atoms with Gasteiger partial charge in [-0.3, -0.25) is 38.6 Å². The Kier molecular flexibility index (Phi) is 16.4. The smallest absolute Gasteiger partial charge is 0.275 e. The Morgan fingerprint density at radius 2 is 1.42 bits per heavy atom. The number of phenols is 1. The van der Waals surface area contributed by atoms with E-state index in [1.807, 2.05) is 37.3 Å². The molecule has 0 radical (unpaired) electrons. The number of amides is 7. The number of nitrogens with zero attached hydrogens (tertiary/aromatic N) is 8. The molecule has 9 heterocycles. The summed E-state index contributed by atoms with van der Waals surface area (Å²) in [6, 6.07) is 14.0. The van der Waals surface area contributed by atoms with Crippen LogP contribution in [0, 0.1) is 5.92 Å². The minimum Gasteiger partial charge on any atom is -0.508 e. The largest absolute Gasteiger partial charge is 0.508 e. The molecule has 3 aliphatic heterocycles. The summed E-state index contributed by atoms with van der Waals surface area (Å²) >= 11 is 5.86. The van der Waals surface area contributed by atoms with Gasteiger partial charge in [0.1, 0.15) is 78.8 Å². The van der Waals surface area contributed by atoms with Crippen LogP contribution in [0.25, 0.3) is 44.2 Å². The first kappa shape index (κ1) is 57.0. The topological polar surface area (TPSA) is 366 Å². The number of aromatic hydroxyl groups is 1. The lowest BCUT2D eigenvalue weighted by Gasteiger charge is -2.32. The summed E-state index contributed by atoms with van der Waals surface area (Å²) in [5.74, 6) is -5.14. The lowest BCUT2D eigenvalue weighted by molar-refractivity contribution is -0.145. The van der Waals surface area contributed by atoms with E-state index >= 15 is 4.79 Å². The van der Waals surface area contributed by atoms with Crippen molar-refractivity contribution < 1.29 is 48.2 Å². The Balaban J connectivity index is 0.992. The van der Waals surface area contributed by atoms with Crippen LogP contribution in [-0.4, -0.2) is 122 Å². The zero-order chi connectivity index (χ0) is 58.9. The van der Waals surface area contributed by atoms with Crippen molar-refractivity contribution >= 4 is 104 Å². The average molecular weight is 1230 g/mol. The van der Waals surface area contributed by atoms with Crippen molar-refractivity contribution in [3.05, 3.63) is 145 Å². The molecule has 8 aromatic rings. The van der Waals surface area contributed by atoms with Gasteiger partial charge < -0.3 is 52.3 Å². The standard InChI is InChI=1S/C55H48N14O10S5/c1-24-14-41(72)69-43(24)54-68-39(23-84-54)53-64-35(19-80-53)42-29(12-13-30(59-42)50-65-36(20-81-50)46(75)58-25(2)44(57)73)49-63-34(18-79-49)45(74)61-32(17-40(56)71)52-67-37(21-83-52)47(76)60-31(15-26-6-4-3-5-7-26)51-66-38(22-82-51)48(77)62-33(55(69)78)16-27-8-10-28(70)11-9-27/h3-13,18-21,23-24,31-33,38,41,43,70,72H,2,14-17,22H2,1H3,(H2,56,71)(H2,57,73)(H,58,75)(H,60,76)(H,61,74)(H,62,77). The zero-order valence-electron chi connectivity index (χ0n) is 44.0. The predicted molar refractivity (Wildman–Crippen MR) is 313 cm³/mol. The Morgan fingerprint density at radius 1 is 0.738 bits per heavy atom. The van der Waals surface area contributed by atoms with Crippen LogP contribution in [0.2, 0.25) is 0 Å². The number of thiazole rings is 4. The number of benzene rings is 2. The highest BCUT2D eigenvalue weighted by Gasteiger charge is 2.46. The van der Waals surface area contributed by atoms with Crippen molar-refractivity contribution in [2.75, 3.05) is 5.75 Å². The number of aliphatic hydroxyl groups excluding tert-OH is 1. The molecule has 0 spiro atoms. The molecule has 7 unspecified atom stereocenters. The third-order valence-electron chi connectivity index (χ3n) is 13.7. The van der Waals surface area contributed by atoms with Crippen LogP contribution in [0.4, 0.5) is 0 Å². The number of aliphatic imine (C=N–C) groups is 1. The first-order chi connectivity index (χ1) is 40.4. The Bertz CT molecular complexity index is 3930. The SMILES string of the molecule is C=C(NC(=O)c1csc(-c2ccc3c(n2)-c2csc(n2)-c2csc(n2)C2C(C)CC(O)N2C(=O)C(Cc2ccc(O)cc2)NC(=O)C2CSC(=N2)C(Cc2ccccc2)NC(=O)c2csc(n2)C(CC(N)=O)NC(=O)c2coc-3n2)n1)C(N)=O. The summed E-state index contributed by atoms with van der Waals surface area (Å²) in [6.45, 7) is 5.37. The van der Waals surface area contributed by atoms with Crippen molar-refractivity contribution in [2.45, 2.75) is 69.0 Å². The maximum absolute atomic E-state index is 15.1. The fraction of sp³-hybridized carbons (Fsp3) is 0.236. The van der Waals surface area contributed by atoms with Gasteiger partial charge in [-0.15, -0.1) is 57.1 Å². The molecule has 1 saturated heterocycles. The number of carbonyl (C=O) groups excluding carboxylic acids is 7. The number of primary amides is 2. The number of rotatable bonds is 10. The molecular formula is C55H48N14O10S5. The number of pyridine rings is 1. The molecule has 11 rings (SSSR count). The first-order valence-corrected chi connectivity index (χ1v) is 30.3. The third kappa shape index (κ3) is 12.3. The molecule has 10 bridgehead atoms. The van der Waals surface area contributed by atoms with E-state index in [4.69, 9.17) is 35.8 Å². The van der Waals surface area contributed by atoms with Crippen molar-refractivity contribution in [3.8, 4) is 50.0 Å². The highest BCUT2D eigenvalue weighted by molar-refractivity contribution is 8.14. The normalized spacial score (nSPS) is 20.9. The van der Waals surface area contributed by atoms with Gasteiger partial charge >= 0.3 is 0 Å². The molecule has 2 aromatic carbocycles. The number of carbonyl (C=O) groups is 7. The summed E-state index contributed by atoms with van der Waals surface area (Å²) in [6.07, 6.45) is -0.0804. The third-order valence-corrected chi connectivity index (χ3v) is 18.5. The highest BCUT2D eigenvalue weighted by Crippen LogP contribution is 2.44. The number of aliphatic hydroxyl groups is 1. The number of thioether (sulfide) groups is 1. The molecule has 1 fully saturated rings. The number of nitrogens with two attached hydrogens (primary N) is 2. The molecular weight excluding hydrogens is 1180 g/mol. The van der Waals surface area contributed by atoms with Gasteiger partial charge in [0, 0.05) is 33.7 Å². The van der Waals surface area contributed by atoms with Gasteiger partial charge in [-0.25, -0.2) is 29.9 Å². The summed E-state index contributed by atoms with van der Waals surface area (Å²) in [4.78, 5) is 130. The lowest BCUT2D eigenvalue weighted by Crippen LogP contribution is -2.53. The summed E-state index contributed by atoms with van der Waals surface area (Å²) in [7, 11) is 0. The number of nitrogens with one attached hydrogen (secondary N) is 4. The molecule has 0 aliphatic carbocycles. The molecule has 24 nitrogen and oxygen atoms in total. The molecule has 10 N–H and O–H groups in total. The Hall–Kier alpha value is -8.87. The number of fused-ring (bicyclic) bond motifs is 15. The van der Waals surface area contributed by atoms with Crippen molar-refractivity contribution in [2.24, 2.45) is 22.4 Å². The first-order valence-electron chi connectivity index (χ1n) is 25.8. The van der Waals surface area contributed by atoms with Crippen LogP contribution in [0.5, 0.6) is 5.75 Å². The molecule has 3 aliphatic rings. The van der Waals surface area contributed by atoms with E-state index < -0.39 is 84.2 Å². The number of hydrogen-bond acceptors (Lipinski definition) is 22. The van der Waals surface area contributed by atoms with Crippen LogP contribution >= 0.6 is 57.1 Å². The van der Waals surface area contributed by atoms with Crippen LogP contribution in [0.1, 0.15) is 84.5 Å². The zero-order valence-corrected chi connectivity index (χ0v) is 48.0. The van der Waals surface area contributed by atoms with Gasteiger partial charge in [-0.2, -0.15) is 0 Å². The van der Waals surface area contributed by atoms with Crippen LogP contribution < -0.4 is 32.7 Å². The van der Waals surface area contributed by atoms with Gasteiger partial charge in [0.2, 0.25) is 23.6 Å². The summed E-state index contributed by atoms with van der Waals surface area (Å²) in [5, 5.41) is 41.2. The van der Waals surface area contributed by atoms with E-state index in [0.29, 0.717) is 42.7 Å². The fourth-order valence-corrected chi connectivity index (χ4v) is 14.2. The minimum atomic E-state index is -1.26. The second-order valence-corrected chi connectivity index (χ2v) is 24.2. The van der Waals surface area contributed by atoms with E-state index in [1.165, 1.54) is 62.2 Å². The number of aromatic nitrogens is 6. The summed E-state index contributed by atoms with van der Waals surface area (Å²) in [5.41, 5.74) is 13.3. The highest BCUT2D eigenvalue weighted by atomic mass is 32.2. The van der Waals surface area contributed by atoms with Gasteiger partial charge in [0.15, 0.2) is 5.69 Å². The second kappa shape index (κ2) is 24.1. The monoisotopic (exact) mass is 1220 g/mol. The van der Waals surface area contributed by atoms with E-state index in [2.05, 4.69) is 42.8 Å². The Morgan fingerprint density at radius 3 is 2.19 bits per heavy atom. The average Bonchev–Trinajstić information content (AvgIpc) is 2.99. The van der Waals surface area contributed by atoms with E-state index in [9.17, 15) is 39.0 Å². The van der Waals surface area contributed by atoms with E-state index in [-0.39, 0.29) is 81.6 Å². The summed E-state index contributed by atoms with van der Waals surface area (Å²) < 4.78 is 5.95. The molecule has 7 atom stereocenters. The lowest BCUT2D eigenvalue weighted by atomic mass is 10.0. The number of hydrogen-bond donors (Lipinski definition) is 8. The molecule has 6 aromatic heterocycles. The molecule has 0 saturated carbocycles. The van der Waals surface area contributed by atoms with Gasteiger partial charge in [0.25, 0.3) is 23.6 Å². The second-order valence-electron chi connectivity index (χ2n) is 19.7. The van der Waals surface area contributed by atoms with Gasteiger partial charge in [-0.1, -0.05) is 56.0 Å². The Labute approximate surface area is 497 Å². The van der Waals surface area contributed by atoms with Gasteiger partial charge in [0.05, 0.1) is 46.5 Å². The number of oxazole rings is 1. The maximum Gasteiger partial charge on any atom is 0.275 e. The quantitative estimate of drug-likeness (QED) is 0.0819. The van der Waals surface area contributed by atoms with Crippen molar-refractivity contribution in [1.29, 1.82) is 0 Å². The molecule has 29 heteroatoms. The number of phenolic OH excluding ortho intramolecular Hbond substituents is 1. The minimum absolute atomic E-state index is 0.00625.